The number of rotatable bonds is 4. The third-order valence-electron chi connectivity index (χ3n) is 2.71. The summed E-state index contributed by atoms with van der Waals surface area (Å²) in [6.07, 6.45) is 0. The summed E-state index contributed by atoms with van der Waals surface area (Å²) in [4.78, 5) is 22.2. The molecule has 0 unspecified atom stereocenters. The number of amides is 1. The van der Waals surface area contributed by atoms with Gasteiger partial charge in [-0.1, -0.05) is 11.6 Å². The first kappa shape index (κ1) is 14.1. The molecule has 5 heteroatoms. The third-order valence-corrected chi connectivity index (χ3v) is 3.00. The predicted molar refractivity (Wildman–Crippen MR) is 76.5 cm³/mol. The monoisotopic (exact) mass is 289 g/mol. The summed E-state index contributed by atoms with van der Waals surface area (Å²) >= 11 is 6.05. The van der Waals surface area contributed by atoms with Crippen molar-refractivity contribution >= 4 is 23.3 Å². The van der Waals surface area contributed by atoms with Gasteiger partial charge >= 0.3 is 0 Å². The summed E-state index contributed by atoms with van der Waals surface area (Å²) in [5, 5.41) is 0.344. The zero-order valence-corrected chi connectivity index (χ0v) is 11.5. The van der Waals surface area contributed by atoms with Crippen molar-refractivity contribution in [1.82, 2.24) is 0 Å². The van der Waals surface area contributed by atoms with Gasteiger partial charge in [0.05, 0.1) is 5.02 Å². The molecule has 0 aromatic heterocycles. The van der Waals surface area contributed by atoms with E-state index in [0.717, 1.165) is 0 Å². The number of carbonyl (C=O) groups excluding carboxylic acids is 2. The van der Waals surface area contributed by atoms with Gasteiger partial charge in [0.2, 0.25) is 5.91 Å². The van der Waals surface area contributed by atoms with Crippen LogP contribution in [0, 0.1) is 0 Å². The number of ketones is 1. The first-order valence-electron chi connectivity index (χ1n) is 5.85. The summed E-state index contributed by atoms with van der Waals surface area (Å²) in [5.41, 5.74) is 6.07. The van der Waals surface area contributed by atoms with E-state index in [9.17, 15) is 9.59 Å². The van der Waals surface area contributed by atoms with E-state index in [-0.39, 0.29) is 5.78 Å². The standard InChI is InChI=1S/C15H12ClNO3/c1-9(18)11-4-7-14(13(16)8-11)20-12-5-2-10(3-6-12)15(17)19/h2-8H,1H3,(H2,17,19). The van der Waals surface area contributed by atoms with E-state index >= 15 is 0 Å². The Labute approximate surface area is 121 Å². The molecular formula is C15H12ClNO3. The maximum Gasteiger partial charge on any atom is 0.248 e. The Morgan fingerprint density at radius 3 is 2.15 bits per heavy atom. The molecule has 1 amide bonds. The average Bonchev–Trinajstić information content (AvgIpc) is 2.41. The zero-order chi connectivity index (χ0) is 14.7. The van der Waals surface area contributed by atoms with Gasteiger partial charge in [0, 0.05) is 11.1 Å². The molecule has 20 heavy (non-hydrogen) atoms. The molecule has 102 valence electrons. The Bertz CT molecular complexity index is 665. The summed E-state index contributed by atoms with van der Waals surface area (Å²) in [7, 11) is 0. The molecule has 0 heterocycles. The molecule has 0 radical (unpaired) electrons. The maximum atomic E-state index is 11.2. The number of benzene rings is 2. The van der Waals surface area contributed by atoms with Crippen LogP contribution in [0.1, 0.15) is 27.6 Å². The van der Waals surface area contributed by atoms with E-state index in [1.165, 1.54) is 6.92 Å². The second-order valence-corrected chi connectivity index (χ2v) is 4.60. The fraction of sp³-hybridized carbons (Fsp3) is 0.0667. The minimum absolute atomic E-state index is 0.0655. The Morgan fingerprint density at radius 2 is 1.65 bits per heavy atom. The number of hydrogen-bond donors (Lipinski definition) is 1. The van der Waals surface area contributed by atoms with Crippen LogP contribution in [-0.2, 0) is 0 Å². The molecule has 0 saturated heterocycles. The third kappa shape index (κ3) is 3.16. The molecular weight excluding hydrogens is 278 g/mol. The smallest absolute Gasteiger partial charge is 0.248 e. The highest BCUT2D eigenvalue weighted by Gasteiger charge is 2.07. The molecule has 0 atom stereocenters. The molecule has 0 aliphatic carbocycles. The van der Waals surface area contributed by atoms with Crippen molar-refractivity contribution in [3.05, 3.63) is 58.6 Å². The van der Waals surface area contributed by atoms with E-state index in [1.54, 1.807) is 42.5 Å². The normalized spacial score (nSPS) is 10.1. The average molecular weight is 290 g/mol. The SMILES string of the molecule is CC(=O)c1ccc(Oc2ccc(C(N)=O)cc2)c(Cl)c1. The van der Waals surface area contributed by atoms with Crippen LogP contribution in [0.3, 0.4) is 0 Å². The number of halogens is 1. The van der Waals surface area contributed by atoms with Gasteiger partial charge in [-0.05, 0) is 49.4 Å². The molecule has 0 fully saturated rings. The molecule has 2 N–H and O–H groups in total. The van der Waals surface area contributed by atoms with Gasteiger partial charge < -0.3 is 10.5 Å². The van der Waals surface area contributed by atoms with Crippen LogP contribution in [-0.4, -0.2) is 11.7 Å². The summed E-state index contributed by atoms with van der Waals surface area (Å²) in [5.74, 6) is 0.389. The van der Waals surface area contributed by atoms with Gasteiger partial charge in [-0.15, -0.1) is 0 Å². The molecule has 0 spiro atoms. The minimum Gasteiger partial charge on any atom is -0.456 e. The fourth-order valence-corrected chi connectivity index (χ4v) is 1.84. The van der Waals surface area contributed by atoms with E-state index < -0.39 is 5.91 Å². The van der Waals surface area contributed by atoms with Crippen LogP contribution < -0.4 is 10.5 Å². The van der Waals surface area contributed by atoms with Crippen molar-refractivity contribution < 1.29 is 14.3 Å². The Hall–Kier alpha value is -2.33. The topological polar surface area (TPSA) is 69.4 Å². The van der Waals surface area contributed by atoms with Gasteiger partial charge in [0.25, 0.3) is 0 Å². The van der Waals surface area contributed by atoms with Gasteiger partial charge in [-0.3, -0.25) is 9.59 Å². The second kappa shape index (κ2) is 5.75. The van der Waals surface area contributed by atoms with Crippen LogP contribution in [0.2, 0.25) is 5.02 Å². The summed E-state index contributed by atoms with van der Waals surface area (Å²) in [6.45, 7) is 1.47. The molecule has 0 aliphatic rings. The number of carbonyl (C=O) groups is 2. The highest BCUT2D eigenvalue weighted by atomic mass is 35.5. The fourth-order valence-electron chi connectivity index (χ4n) is 1.62. The zero-order valence-electron chi connectivity index (χ0n) is 10.7. The number of Topliss-reactive ketones (excluding diaryl/α,β-unsaturated/α-hetero) is 1. The van der Waals surface area contributed by atoms with Crippen molar-refractivity contribution in [3.63, 3.8) is 0 Å². The van der Waals surface area contributed by atoms with Crippen LogP contribution in [0.4, 0.5) is 0 Å². The Kier molecular flexibility index (Phi) is 4.05. The lowest BCUT2D eigenvalue weighted by Gasteiger charge is -2.08. The van der Waals surface area contributed by atoms with E-state index in [0.29, 0.717) is 27.6 Å². The lowest BCUT2D eigenvalue weighted by atomic mass is 10.1. The molecule has 4 nitrogen and oxygen atoms in total. The van der Waals surface area contributed by atoms with Gasteiger partial charge in [0.15, 0.2) is 5.78 Å². The van der Waals surface area contributed by atoms with E-state index in [2.05, 4.69) is 0 Å². The van der Waals surface area contributed by atoms with E-state index in [1.807, 2.05) is 0 Å². The van der Waals surface area contributed by atoms with Crippen molar-refractivity contribution in [2.75, 3.05) is 0 Å². The second-order valence-electron chi connectivity index (χ2n) is 4.19. The Morgan fingerprint density at radius 1 is 1.05 bits per heavy atom. The van der Waals surface area contributed by atoms with Crippen LogP contribution in [0.25, 0.3) is 0 Å². The van der Waals surface area contributed by atoms with Crippen molar-refractivity contribution in [2.45, 2.75) is 6.92 Å². The molecule has 2 aromatic rings. The number of hydrogen-bond acceptors (Lipinski definition) is 3. The minimum atomic E-state index is -0.500. The van der Waals surface area contributed by atoms with Crippen molar-refractivity contribution in [2.24, 2.45) is 5.73 Å². The van der Waals surface area contributed by atoms with Crippen LogP contribution in [0.5, 0.6) is 11.5 Å². The van der Waals surface area contributed by atoms with Crippen molar-refractivity contribution in [3.8, 4) is 11.5 Å². The maximum absolute atomic E-state index is 11.2. The number of ether oxygens (including phenoxy) is 1. The number of primary amides is 1. The lowest BCUT2D eigenvalue weighted by Crippen LogP contribution is -2.10. The van der Waals surface area contributed by atoms with E-state index in [4.69, 9.17) is 22.1 Å². The highest BCUT2D eigenvalue weighted by molar-refractivity contribution is 6.32. The van der Waals surface area contributed by atoms with Crippen LogP contribution in [0.15, 0.2) is 42.5 Å². The van der Waals surface area contributed by atoms with Gasteiger partial charge in [-0.2, -0.15) is 0 Å². The van der Waals surface area contributed by atoms with Gasteiger partial charge in [0.1, 0.15) is 11.5 Å². The predicted octanol–water partition coefficient (Wildman–Crippen LogP) is 3.43. The molecule has 0 saturated carbocycles. The van der Waals surface area contributed by atoms with Crippen molar-refractivity contribution in [1.29, 1.82) is 0 Å². The molecule has 2 aromatic carbocycles. The largest absolute Gasteiger partial charge is 0.456 e. The molecule has 0 aliphatic heterocycles. The molecule has 2 rings (SSSR count). The van der Waals surface area contributed by atoms with Crippen LogP contribution >= 0.6 is 11.6 Å². The summed E-state index contributed by atoms with van der Waals surface area (Å²) in [6, 6.07) is 11.2. The Balaban J connectivity index is 2.21. The molecule has 0 bridgehead atoms. The quantitative estimate of drug-likeness (QED) is 0.877. The van der Waals surface area contributed by atoms with Gasteiger partial charge in [-0.25, -0.2) is 0 Å². The first-order valence-corrected chi connectivity index (χ1v) is 6.23. The number of nitrogens with two attached hydrogens (primary N) is 1. The highest BCUT2D eigenvalue weighted by Crippen LogP contribution is 2.30. The lowest BCUT2D eigenvalue weighted by molar-refractivity contribution is 0.0996. The summed E-state index contributed by atoms with van der Waals surface area (Å²) < 4.78 is 5.58. The first-order chi connectivity index (χ1) is 9.47.